The van der Waals surface area contributed by atoms with Gasteiger partial charge in [-0.1, -0.05) is 176 Å². The smallest absolute Gasteiger partial charge is 0.0624 e. The molecule has 0 aliphatic carbocycles. The van der Waals surface area contributed by atoms with Gasteiger partial charge in [0, 0.05) is 22.3 Å². The van der Waals surface area contributed by atoms with Crippen LogP contribution in [0.25, 0.3) is 86.9 Å². The quantitative estimate of drug-likeness (QED) is 0.162. The number of benzene rings is 11. The van der Waals surface area contributed by atoms with E-state index in [-0.39, 0.29) is 0 Å². The zero-order valence-corrected chi connectivity index (χ0v) is 30.2. The molecule has 0 saturated carbocycles. The molecule has 11 aromatic rings. The lowest BCUT2D eigenvalue weighted by Crippen LogP contribution is -2.12. The number of rotatable bonds is 5. The van der Waals surface area contributed by atoms with Crippen LogP contribution in [0.4, 0.5) is 17.1 Å². The minimum atomic E-state index is 1.10. The van der Waals surface area contributed by atoms with Crippen molar-refractivity contribution in [2.45, 2.75) is 0 Å². The van der Waals surface area contributed by atoms with Crippen molar-refractivity contribution < 1.29 is 0 Å². The summed E-state index contributed by atoms with van der Waals surface area (Å²) in [6.45, 7) is 0. The highest BCUT2D eigenvalue weighted by Crippen LogP contribution is 2.50. The summed E-state index contributed by atoms with van der Waals surface area (Å²) in [6.07, 6.45) is 0. The van der Waals surface area contributed by atoms with Gasteiger partial charge < -0.3 is 4.90 Å². The van der Waals surface area contributed by atoms with E-state index in [1.807, 2.05) is 0 Å². The SMILES string of the molecule is c1ccc2cc(-c3c(N(c4ccc(-c5ccc6ccc7ccccc7c6c5)cc4)c4ccc5ccccc5c4)c4ccccc4c4ccccc34)ccc2c1. The number of hydrogen-bond donors (Lipinski definition) is 0. The molecule has 256 valence electrons. The fourth-order valence-corrected chi connectivity index (χ4v) is 8.70. The summed E-state index contributed by atoms with van der Waals surface area (Å²) < 4.78 is 0. The van der Waals surface area contributed by atoms with Crippen molar-refractivity contribution in [2.24, 2.45) is 0 Å². The predicted molar refractivity (Wildman–Crippen MR) is 237 cm³/mol. The largest absolute Gasteiger partial charge is 0.309 e. The normalized spacial score (nSPS) is 11.6. The third-order valence-electron chi connectivity index (χ3n) is 11.4. The highest BCUT2D eigenvalue weighted by Gasteiger charge is 2.24. The molecule has 0 radical (unpaired) electrons. The topological polar surface area (TPSA) is 3.24 Å². The molecule has 0 spiro atoms. The zero-order valence-electron chi connectivity index (χ0n) is 30.2. The average molecular weight is 698 g/mol. The number of nitrogens with zero attached hydrogens (tertiary/aromatic N) is 1. The van der Waals surface area contributed by atoms with Gasteiger partial charge in [-0.15, -0.1) is 0 Å². The molecule has 0 aromatic heterocycles. The Morgan fingerprint density at radius 1 is 0.236 bits per heavy atom. The van der Waals surface area contributed by atoms with E-state index < -0.39 is 0 Å². The lowest BCUT2D eigenvalue weighted by molar-refractivity contribution is 1.31. The van der Waals surface area contributed by atoms with Gasteiger partial charge in [0.2, 0.25) is 0 Å². The fourth-order valence-electron chi connectivity index (χ4n) is 8.70. The van der Waals surface area contributed by atoms with Gasteiger partial charge in [-0.3, -0.25) is 0 Å². The van der Waals surface area contributed by atoms with Crippen LogP contribution in [0.5, 0.6) is 0 Å². The van der Waals surface area contributed by atoms with Gasteiger partial charge in [-0.25, -0.2) is 0 Å². The van der Waals surface area contributed by atoms with Crippen LogP contribution in [-0.4, -0.2) is 0 Å². The first-order chi connectivity index (χ1) is 27.3. The number of fused-ring (bicyclic) bond motifs is 8. The van der Waals surface area contributed by atoms with Gasteiger partial charge in [-0.2, -0.15) is 0 Å². The predicted octanol–water partition coefficient (Wildman–Crippen LogP) is 15.4. The molecule has 0 aliphatic rings. The molecule has 55 heavy (non-hydrogen) atoms. The Morgan fingerprint density at radius 2 is 0.691 bits per heavy atom. The lowest BCUT2D eigenvalue weighted by Gasteiger charge is -2.31. The van der Waals surface area contributed by atoms with Crippen molar-refractivity contribution in [1.82, 2.24) is 0 Å². The Balaban J connectivity index is 1.18. The molecule has 0 N–H and O–H groups in total. The van der Waals surface area contributed by atoms with Crippen molar-refractivity contribution in [3.8, 4) is 22.3 Å². The van der Waals surface area contributed by atoms with Crippen LogP contribution in [-0.2, 0) is 0 Å². The Bertz CT molecular complexity index is 3260. The summed E-state index contributed by atoms with van der Waals surface area (Å²) >= 11 is 0. The second-order valence-corrected chi connectivity index (χ2v) is 14.5. The Hall–Kier alpha value is -7.22. The fraction of sp³-hybridized carbons (Fsp3) is 0. The summed E-state index contributed by atoms with van der Waals surface area (Å²) in [4.78, 5) is 2.49. The molecule has 0 atom stereocenters. The third kappa shape index (κ3) is 5.24. The van der Waals surface area contributed by atoms with E-state index in [1.54, 1.807) is 0 Å². The van der Waals surface area contributed by atoms with E-state index in [9.17, 15) is 0 Å². The Kier molecular flexibility index (Phi) is 7.25. The molecule has 0 fully saturated rings. The van der Waals surface area contributed by atoms with Crippen LogP contribution in [0, 0.1) is 0 Å². The van der Waals surface area contributed by atoms with E-state index in [0.29, 0.717) is 0 Å². The first-order valence-electron chi connectivity index (χ1n) is 19.0. The first-order valence-corrected chi connectivity index (χ1v) is 19.0. The minimum Gasteiger partial charge on any atom is -0.309 e. The van der Waals surface area contributed by atoms with Crippen LogP contribution in [0.2, 0.25) is 0 Å². The standard InChI is InChI=1S/C54H35N/c1-3-14-41-33-44(26-21-36(41)11-1)53-50-19-9-7-17-48(50)49-18-8-10-20-51(49)54(53)55(46-32-29-37-12-2-4-15-42(37)34-46)45-30-27-38(28-31-45)43-25-24-40-23-22-39-13-5-6-16-47(39)52(40)35-43/h1-35H. The van der Waals surface area contributed by atoms with Crippen molar-refractivity contribution >= 4 is 81.7 Å². The molecule has 0 amide bonds. The molecule has 0 heterocycles. The van der Waals surface area contributed by atoms with Crippen LogP contribution >= 0.6 is 0 Å². The first kappa shape index (κ1) is 31.3. The number of anilines is 3. The Morgan fingerprint density at radius 3 is 1.42 bits per heavy atom. The maximum Gasteiger partial charge on any atom is 0.0624 e. The molecule has 0 unspecified atom stereocenters. The van der Waals surface area contributed by atoms with E-state index in [2.05, 4.69) is 217 Å². The molecule has 11 rings (SSSR count). The highest BCUT2D eigenvalue weighted by molar-refractivity contribution is 6.23. The van der Waals surface area contributed by atoms with Gasteiger partial charge in [-0.05, 0) is 112 Å². The third-order valence-corrected chi connectivity index (χ3v) is 11.4. The van der Waals surface area contributed by atoms with Crippen LogP contribution in [0.3, 0.4) is 0 Å². The summed E-state index contributed by atoms with van der Waals surface area (Å²) in [5.41, 5.74) is 8.21. The van der Waals surface area contributed by atoms with E-state index in [0.717, 1.165) is 11.4 Å². The van der Waals surface area contributed by atoms with Gasteiger partial charge in [0.15, 0.2) is 0 Å². The summed E-state index contributed by atoms with van der Waals surface area (Å²) in [6, 6.07) is 78.1. The molecule has 1 nitrogen and oxygen atoms in total. The van der Waals surface area contributed by atoms with Crippen molar-refractivity contribution in [2.75, 3.05) is 4.90 Å². The highest BCUT2D eigenvalue weighted by atomic mass is 15.1. The van der Waals surface area contributed by atoms with E-state index >= 15 is 0 Å². The molecule has 11 aromatic carbocycles. The molecule has 0 saturated heterocycles. The minimum absolute atomic E-state index is 1.10. The van der Waals surface area contributed by atoms with Gasteiger partial charge in [0.05, 0.1) is 5.69 Å². The summed E-state index contributed by atoms with van der Waals surface area (Å²) in [5, 5.41) is 14.9. The van der Waals surface area contributed by atoms with Gasteiger partial charge >= 0.3 is 0 Å². The summed E-state index contributed by atoms with van der Waals surface area (Å²) in [5.74, 6) is 0. The second kappa shape index (κ2) is 12.7. The maximum absolute atomic E-state index is 2.49. The maximum atomic E-state index is 2.49. The van der Waals surface area contributed by atoms with Crippen LogP contribution < -0.4 is 4.90 Å². The lowest BCUT2D eigenvalue weighted by atomic mass is 9.89. The van der Waals surface area contributed by atoms with E-state index in [4.69, 9.17) is 0 Å². The van der Waals surface area contributed by atoms with Crippen molar-refractivity contribution in [3.63, 3.8) is 0 Å². The average Bonchev–Trinajstić information content (AvgIpc) is 3.26. The van der Waals surface area contributed by atoms with Crippen LogP contribution in [0.15, 0.2) is 212 Å². The molecule has 0 aliphatic heterocycles. The molecule has 1 heteroatoms. The molecular formula is C54H35N. The Labute approximate surface area is 320 Å². The monoisotopic (exact) mass is 697 g/mol. The number of hydrogen-bond acceptors (Lipinski definition) is 1. The zero-order chi connectivity index (χ0) is 36.3. The van der Waals surface area contributed by atoms with Crippen LogP contribution in [0.1, 0.15) is 0 Å². The van der Waals surface area contributed by atoms with Crippen molar-refractivity contribution in [1.29, 1.82) is 0 Å². The second-order valence-electron chi connectivity index (χ2n) is 14.5. The molecule has 0 bridgehead atoms. The van der Waals surface area contributed by atoms with E-state index in [1.165, 1.54) is 92.6 Å². The summed E-state index contributed by atoms with van der Waals surface area (Å²) in [7, 11) is 0. The van der Waals surface area contributed by atoms with Gasteiger partial charge in [0.25, 0.3) is 0 Å². The van der Waals surface area contributed by atoms with Gasteiger partial charge in [0.1, 0.15) is 0 Å². The van der Waals surface area contributed by atoms with Crippen molar-refractivity contribution in [3.05, 3.63) is 212 Å². The molecular weight excluding hydrogens is 663 g/mol.